The summed E-state index contributed by atoms with van der Waals surface area (Å²) in [7, 11) is 3.73. The van der Waals surface area contributed by atoms with Crippen LogP contribution >= 0.6 is 15.9 Å². The molecule has 1 aromatic heterocycles. The number of hydrogen-bond donors (Lipinski definition) is 0. The molecule has 0 N–H and O–H groups in total. The lowest BCUT2D eigenvalue weighted by Gasteiger charge is -2.09. The summed E-state index contributed by atoms with van der Waals surface area (Å²) < 4.78 is 8.54. The van der Waals surface area contributed by atoms with Crippen molar-refractivity contribution in [2.24, 2.45) is 7.05 Å². The van der Waals surface area contributed by atoms with Gasteiger partial charge in [-0.15, -0.1) is 0 Å². The van der Waals surface area contributed by atoms with Gasteiger partial charge in [-0.05, 0) is 54.2 Å². The first-order valence-corrected chi connectivity index (χ1v) is 7.13. The van der Waals surface area contributed by atoms with Crippen molar-refractivity contribution in [2.45, 2.75) is 26.7 Å². The maximum atomic E-state index is 5.41. The van der Waals surface area contributed by atoms with Crippen molar-refractivity contribution in [3.8, 4) is 5.75 Å². The van der Waals surface area contributed by atoms with Gasteiger partial charge in [0.1, 0.15) is 16.2 Å². The minimum Gasteiger partial charge on any atom is -0.496 e. The first kappa shape index (κ1) is 14.1. The monoisotopic (exact) mass is 322 g/mol. The van der Waals surface area contributed by atoms with Gasteiger partial charge in [0.05, 0.1) is 12.8 Å². The highest BCUT2D eigenvalue weighted by Crippen LogP contribution is 2.23. The third-order valence-corrected chi connectivity index (χ3v) is 4.37. The molecule has 102 valence electrons. The average molecular weight is 323 g/mol. The molecule has 0 amide bonds. The van der Waals surface area contributed by atoms with Gasteiger partial charge in [0.2, 0.25) is 0 Å². The van der Waals surface area contributed by atoms with Crippen LogP contribution < -0.4 is 4.74 Å². The Kier molecular flexibility index (Phi) is 4.30. The predicted molar refractivity (Wildman–Crippen MR) is 80.8 cm³/mol. The molecule has 0 saturated heterocycles. The molecule has 0 radical (unpaired) electrons. The molecule has 19 heavy (non-hydrogen) atoms. The van der Waals surface area contributed by atoms with E-state index in [2.05, 4.69) is 44.5 Å². The summed E-state index contributed by atoms with van der Waals surface area (Å²) in [5.74, 6) is 1.98. The highest BCUT2D eigenvalue weighted by atomic mass is 79.9. The lowest BCUT2D eigenvalue weighted by atomic mass is 10.0. The van der Waals surface area contributed by atoms with Crippen LogP contribution in [-0.2, 0) is 19.9 Å². The van der Waals surface area contributed by atoms with E-state index >= 15 is 0 Å². The van der Waals surface area contributed by atoms with Crippen molar-refractivity contribution < 1.29 is 4.74 Å². The second kappa shape index (κ2) is 5.78. The Labute approximate surface area is 122 Å². The van der Waals surface area contributed by atoms with E-state index in [0.29, 0.717) is 0 Å². The predicted octanol–water partition coefficient (Wildman–Crippen LogP) is 3.59. The molecular weight excluding hydrogens is 304 g/mol. The van der Waals surface area contributed by atoms with E-state index in [1.165, 1.54) is 11.1 Å². The standard InChI is InChI=1S/C15H19BrN2O/c1-10-5-8-14(19-4)12(9-10)6-7-13-15(16)18(3)11(2)17-13/h5,8-9H,6-7H2,1-4H3. The zero-order valence-electron chi connectivity index (χ0n) is 11.8. The molecule has 0 unspecified atom stereocenters. The van der Waals surface area contributed by atoms with Crippen molar-refractivity contribution in [1.82, 2.24) is 9.55 Å². The van der Waals surface area contributed by atoms with Crippen LogP contribution in [0.15, 0.2) is 22.8 Å². The summed E-state index contributed by atoms with van der Waals surface area (Å²) in [6, 6.07) is 6.29. The molecule has 0 aliphatic carbocycles. The Hall–Kier alpha value is -1.29. The molecule has 0 fully saturated rings. The van der Waals surface area contributed by atoms with Gasteiger partial charge < -0.3 is 9.30 Å². The SMILES string of the molecule is COc1ccc(C)cc1CCc1nc(C)n(C)c1Br. The van der Waals surface area contributed by atoms with E-state index in [4.69, 9.17) is 4.74 Å². The van der Waals surface area contributed by atoms with Crippen LogP contribution in [-0.4, -0.2) is 16.7 Å². The Morgan fingerprint density at radius 1 is 1.26 bits per heavy atom. The Morgan fingerprint density at radius 3 is 2.58 bits per heavy atom. The number of hydrogen-bond acceptors (Lipinski definition) is 2. The van der Waals surface area contributed by atoms with Crippen LogP contribution in [0.3, 0.4) is 0 Å². The van der Waals surface area contributed by atoms with E-state index in [-0.39, 0.29) is 0 Å². The van der Waals surface area contributed by atoms with Gasteiger partial charge in [-0.2, -0.15) is 0 Å². The molecule has 0 aliphatic heterocycles. The second-order valence-corrected chi connectivity index (χ2v) is 5.52. The molecule has 0 spiro atoms. The van der Waals surface area contributed by atoms with E-state index in [1.807, 2.05) is 20.0 Å². The zero-order chi connectivity index (χ0) is 14.0. The third-order valence-electron chi connectivity index (χ3n) is 3.38. The molecule has 1 heterocycles. The van der Waals surface area contributed by atoms with Crippen molar-refractivity contribution >= 4 is 15.9 Å². The fraction of sp³-hybridized carbons (Fsp3) is 0.400. The van der Waals surface area contributed by atoms with E-state index in [0.717, 1.165) is 34.7 Å². The van der Waals surface area contributed by atoms with Crippen molar-refractivity contribution in [3.05, 3.63) is 45.4 Å². The summed E-state index contributed by atoms with van der Waals surface area (Å²) in [6.45, 7) is 4.12. The minimum absolute atomic E-state index is 0.905. The Balaban J connectivity index is 2.18. The van der Waals surface area contributed by atoms with Crippen LogP contribution in [0.2, 0.25) is 0 Å². The van der Waals surface area contributed by atoms with Crippen LogP contribution in [0.25, 0.3) is 0 Å². The van der Waals surface area contributed by atoms with Gasteiger partial charge in [-0.3, -0.25) is 0 Å². The number of methoxy groups -OCH3 is 1. The van der Waals surface area contributed by atoms with Crippen molar-refractivity contribution in [3.63, 3.8) is 0 Å². The Morgan fingerprint density at radius 2 is 2.00 bits per heavy atom. The van der Waals surface area contributed by atoms with E-state index in [9.17, 15) is 0 Å². The molecule has 1 aromatic carbocycles. The van der Waals surface area contributed by atoms with Gasteiger partial charge >= 0.3 is 0 Å². The minimum atomic E-state index is 0.905. The van der Waals surface area contributed by atoms with Crippen LogP contribution in [0.5, 0.6) is 5.75 Å². The van der Waals surface area contributed by atoms with Gasteiger partial charge in [-0.25, -0.2) is 4.98 Å². The molecule has 0 aliphatic rings. The molecule has 0 atom stereocenters. The summed E-state index contributed by atoms with van der Waals surface area (Å²) in [5, 5.41) is 0. The van der Waals surface area contributed by atoms with Gasteiger partial charge in [0.15, 0.2) is 0 Å². The highest BCUT2D eigenvalue weighted by Gasteiger charge is 2.11. The second-order valence-electron chi connectivity index (χ2n) is 4.77. The Bertz CT molecular complexity index is 590. The first-order valence-electron chi connectivity index (χ1n) is 6.34. The first-order chi connectivity index (χ1) is 9.02. The fourth-order valence-electron chi connectivity index (χ4n) is 2.17. The number of nitrogens with zero attached hydrogens (tertiary/aromatic N) is 2. The van der Waals surface area contributed by atoms with Crippen molar-refractivity contribution in [2.75, 3.05) is 7.11 Å². The maximum absolute atomic E-state index is 5.41. The average Bonchev–Trinajstić information content (AvgIpc) is 2.64. The lowest BCUT2D eigenvalue weighted by Crippen LogP contribution is -1.97. The molecule has 0 bridgehead atoms. The number of aromatic nitrogens is 2. The quantitative estimate of drug-likeness (QED) is 0.860. The molecule has 0 saturated carbocycles. The smallest absolute Gasteiger partial charge is 0.122 e. The van der Waals surface area contributed by atoms with E-state index in [1.54, 1.807) is 7.11 Å². The number of benzene rings is 1. The van der Waals surface area contributed by atoms with Crippen LogP contribution in [0, 0.1) is 13.8 Å². The summed E-state index contributed by atoms with van der Waals surface area (Å²) in [6.07, 6.45) is 1.84. The number of ether oxygens (including phenoxy) is 1. The molecule has 2 rings (SSSR count). The van der Waals surface area contributed by atoms with Gasteiger partial charge in [-0.1, -0.05) is 17.7 Å². The van der Waals surface area contributed by atoms with Crippen LogP contribution in [0.1, 0.15) is 22.6 Å². The molecule has 3 nitrogen and oxygen atoms in total. The van der Waals surface area contributed by atoms with Crippen molar-refractivity contribution in [1.29, 1.82) is 0 Å². The summed E-state index contributed by atoms with van der Waals surface area (Å²) >= 11 is 3.59. The molecule has 4 heteroatoms. The summed E-state index contributed by atoms with van der Waals surface area (Å²) in [5.41, 5.74) is 3.59. The third kappa shape index (κ3) is 3.00. The number of aryl methyl sites for hydroxylation is 4. The fourth-order valence-corrected chi connectivity index (χ4v) is 2.71. The molecular formula is C15H19BrN2O. The zero-order valence-corrected chi connectivity index (χ0v) is 13.4. The largest absolute Gasteiger partial charge is 0.496 e. The normalized spacial score (nSPS) is 10.8. The van der Waals surface area contributed by atoms with Crippen LogP contribution in [0.4, 0.5) is 0 Å². The lowest BCUT2D eigenvalue weighted by molar-refractivity contribution is 0.409. The summed E-state index contributed by atoms with van der Waals surface area (Å²) in [4.78, 5) is 4.58. The number of rotatable bonds is 4. The van der Waals surface area contributed by atoms with E-state index < -0.39 is 0 Å². The number of halogens is 1. The topological polar surface area (TPSA) is 27.1 Å². The maximum Gasteiger partial charge on any atom is 0.122 e. The number of imidazole rings is 1. The highest BCUT2D eigenvalue weighted by molar-refractivity contribution is 9.10. The van der Waals surface area contributed by atoms with Gasteiger partial charge in [0, 0.05) is 7.05 Å². The molecule has 2 aromatic rings. The van der Waals surface area contributed by atoms with Gasteiger partial charge in [0.25, 0.3) is 0 Å².